The number of hydrogen-bond acceptors (Lipinski definition) is 3. The Bertz CT molecular complexity index is 705. The maximum Gasteiger partial charge on any atom is 0.223 e. The predicted octanol–water partition coefficient (Wildman–Crippen LogP) is 4.11. The number of hydrogen-bond donors (Lipinski definition) is 1. The summed E-state index contributed by atoms with van der Waals surface area (Å²) < 4.78 is 0. The second kappa shape index (κ2) is 7.38. The van der Waals surface area contributed by atoms with Crippen molar-refractivity contribution >= 4 is 5.91 Å². The second-order valence-electron chi connectivity index (χ2n) is 7.39. The molecule has 1 saturated carbocycles. The van der Waals surface area contributed by atoms with Crippen LogP contribution in [0.4, 0.5) is 0 Å². The van der Waals surface area contributed by atoms with Crippen molar-refractivity contribution in [3.8, 4) is 11.1 Å². The molecule has 1 atom stereocenters. The van der Waals surface area contributed by atoms with E-state index in [1.807, 2.05) is 18.3 Å². The summed E-state index contributed by atoms with van der Waals surface area (Å²) >= 11 is 0. The Balaban J connectivity index is 1.52. The smallest absolute Gasteiger partial charge is 0.223 e. The number of nitrogens with one attached hydrogen (secondary N) is 1. The molecule has 0 aromatic carbocycles. The molecule has 1 amide bonds. The van der Waals surface area contributed by atoms with E-state index in [0.29, 0.717) is 11.8 Å². The Hall–Kier alpha value is -2.17. The first kappa shape index (κ1) is 16.3. The van der Waals surface area contributed by atoms with Gasteiger partial charge >= 0.3 is 0 Å². The van der Waals surface area contributed by atoms with Gasteiger partial charge in [0.1, 0.15) is 0 Å². The number of aromatic amines is 1. The fourth-order valence-electron chi connectivity index (χ4n) is 4.43. The largest absolute Gasteiger partial charge is 0.334 e. The average molecular weight is 338 g/mol. The molecule has 0 bridgehead atoms. The van der Waals surface area contributed by atoms with Crippen LogP contribution in [0.5, 0.6) is 0 Å². The van der Waals surface area contributed by atoms with Crippen molar-refractivity contribution < 1.29 is 4.79 Å². The molecule has 0 radical (unpaired) electrons. The highest BCUT2D eigenvalue weighted by atomic mass is 16.2. The molecule has 2 aromatic rings. The summed E-state index contributed by atoms with van der Waals surface area (Å²) in [6.45, 7) is 0.866. The molecule has 2 aliphatic rings. The number of rotatable bonds is 4. The van der Waals surface area contributed by atoms with Crippen molar-refractivity contribution in [1.82, 2.24) is 20.1 Å². The fourth-order valence-corrected chi connectivity index (χ4v) is 4.43. The first-order valence-corrected chi connectivity index (χ1v) is 9.56. The van der Waals surface area contributed by atoms with Crippen molar-refractivity contribution in [2.24, 2.45) is 5.92 Å². The molecule has 0 spiro atoms. The SMILES string of the molecule is O=C(CC1CCCCC1)N1CCC[C@@H]1c1[nH]ncc1-c1ccncc1. The molecule has 4 rings (SSSR count). The molecule has 0 unspecified atom stereocenters. The normalized spacial score (nSPS) is 21.6. The topological polar surface area (TPSA) is 61.9 Å². The maximum absolute atomic E-state index is 12.9. The number of amides is 1. The zero-order valence-electron chi connectivity index (χ0n) is 14.7. The number of aromatic nitrogens is 3. The third-order valence-corrected chi connectivity index (χ3v) is 5.75. The lowest BCUT2D eigenvalue weighted by Crippen LogP contribution is -2.32. The summed E-state index contributed by atoms with van der Waals surface area (Å²) in [4.78, 5) is 19.1. The molecule has 1 aliphatic carbocycles. The first-order chi connectivity index (χ1) is 12.3. The molecule has 25 heavy (non-hydrogen) atoms. The summed E-state index contributed by atoms with van der Waals surface area (Å²) in [6, 6.07) is 4.12. The Morgan fingerprint density at radius 1 is 1.12 bits per heavy atom. The lowest BCUT2D eigenvalue weighted by Gasteiger charge is -2.28. The molecule has 1 aliphatic heterocycles. The van der Waals surface area contributed by atoms with Crippen LogP contribution in [0.2, 0.25) is 0 Å². The average Bonchev–Trinajstić information content (AvgIpc) is 3.32. The number of carbonyl (C=O) groups is 1. The van der Waals surface area contributed by atoms with Crippen molar-refractivity contribution in [1.29, 1.82) is 0 Å². The van der Waals surface area contributed by atoms with E-state index in [-0.39, 0.29) is 6.04 Å². The van der Waals surface area contributed by atoms with Crippen molar-refractivity contribution in [3.63, 3.8) is 0 Å². The Kier molecular flexibility index (Phi) is 4.81. The van der Waals surface area contributed by atoms with Gasteiger partial charge < -0.3 is 4.90 Å². The van der Waals surface area contributed by atoms with Crippen molar-refractivity contribution in [2.45, 2.75) is 57.4 Å². The van der Waals surface area contributed by atoms with Gasteiger partial charge in [-0.3, -0.25) is 14.9 Å². The molecule has 5 nitrogen and oxygen atoms in total. The summed E-state index contributed by atoms with van der Waals surface area (Å²) in [5.41, 5.74) is 3.26. The highest BCUT2D eigenvalue weighted by molar-refractivity contribution is 5.78. The molecule has 1 saturated heterocycles. The molecule has 3 heterocycles. The van der Waals surface area contributed by atoms with E-state index in [0.717, 1.165) is 42.6 Å². The van der Waals surface area contributed by atoms with Gasteiger partial charge in [0.2, 0.25) is 5.91 Å². The number of carbonyl (C=O) groups excluding carboxylic acids is 1. The number of likely N-dealkylation sites (tertiary alicyclic amines) is 1. The highest BCUT2D eigenvalue weighted by Gasteiger charge is 2.33. The van der Waals surface area contributed by atoms with Gasteiger partial charge in [0.15, 0.2) is 0 Å². The van der Waals surface area contributed by atoms with E-state index in [9.17, 15) is 4.79 Å². The number of pyridine rings is 1. The van der Waals surface area contributed by atoms with E-state index < -0.39 is 0 Å². The zero-order chi connectivity index (χ0) is 17.1. The van der Waals surface area contributed by atoms with Gasteiger partial charge in [0.25, 0.3) is 0 Å². The standard InChI is InChI=1S/C20H26N4O/c25-19(13-15-5-2-1-3-6-15)24-12-4-7-18(24)20-17(14-22-23-20)16-8-10-21-11-9-16/h8-11,14-15,18H,1-7,12-13H2,(H,22,23)/t18-/m1/s1. The van der Waals surface area contributed by atoms with Gasteiger partial charge in [-0.25, -0.2) is 0 Å². The quantitative estimate of drug-likeness (QED) is 0.912. The van der Waals surface area contributed by atoms with Gasteiger partial charge in [0, 0.05) is 30.9 Å². The Morgan fingerprint density at radius 2 is 1.92 bits per heavy atom. The number of nitrogens with zero attached hydrogens (tertiary/aromatic N) is 3. The first-order valence-electron chi connectivity index (χ1n) is 9.56. The zero-order valence-corrected chi connectivity index (χ0v) is 14.7. The van der Waals surface area contributed by atoms with Crippen LogP contribution in [0.15, 0.2) is 30.7 Å². The van der Waals surface area contributed by atoms with Crippen molar-refractivity contribution in [3.05, 3.63) is 36.4 Å². The summed E-state index contributed by atoms with van der Waals surface area (Å²) in [6.07, 6.45) is 14.6. The Morgan fingerprint density at radius 3 is 2.72 bits per heavy atom. The van der Waals surface area contributed by atoms with Gasteiger partial charge in [-0.15, -0.1) is 0 Å². The van der Waals surface area contributed by atoms with E-state index >= 15 is 0 Å². The van der Waals surface area contributed by atoms with E-state index in [1.54, 1.807) is 12.4 Å². The minimum absolute atomic E-state index is 0.127. The molecule has 2 fully saturated rings. The minimum atomic E-state index is 0.127. The molecular formula is C20H26N4O. The fraction of sp³-hybridized carbons (Fsp3) is 0.550. The van der Waals surface area contributed by atoms with Crippen LogP contribution in [-0.4, -0.2) is 32.5 Å². The third kappa shape index (κ3) is 3.46. The third-order valence-electron chi connectivity index (χ3n) is 5.75. The highest BCUT2D eigenvalue weighted by Crippen LogP contribution is 2.37. The maximum atomic E-state index is 12.9. The Labute approximate surface area is 148 Å². The minimum Gasteiger partial charge on any atom is -0.334 e. The van der Waals surface area contributed by atoms with Crippen molar-refractivity contribution in [2.75, 3.05) is 6.54 Å². The summed E-state index contributed by atoms with van der Waals surface area (Å²) in [5.74, 6) is 0.911. The van der Waals surface area contributed by atoms with Crippen LogP contribution in [0.25, 0.3) is 11.1 Å². The lowest BCUT2D eigenvalue weighted by molar-refractivity contribution is -0.133. The summed E-state index contributed by atoms with van der Waals surface area (Å²) in [5, 5.41) is 7.44. The lowest BCUT2D eigenvalue weighted by atomic mass is 9.86. The molecule has 1 N–H and O–H groups in total. The second-order valence-corrected chi connectivity index (χ2v) is 7.39. The van der Waals surface area contributed by atoms with Crippen LogP contribution < -0.4 is 0 Å². The van der Waals surface area contributed by atoms with Gasteiger partial charge in [-0.2, -0.15) is 5.10 Å². The van der Waals surface area contributed by atoms with Crippen LogP contribution in [-0.2, 0) is 4.79 Å². The van der Waals surface area contributed by atoms with Crippen LogP contribution in [0.1, 0.15) is 63.1 Å². The van der Waals surface area contributed by atoms with Gasteiger partial charge in [-0.05, 0) is 49.3 Å². The van der Waals surface area contributed by atoms with Crippen LogP contribution in [0.3, 0.4) is 0 Å². The van der Waals surface area contributed by atoms with Gasteiger partial charge in [0.05, 0.1) is 17.9 Å². The van der Waals surface area contributed by atoms with E-state index in [4.69, 9.17) is 0 Å². The molecule has 132 valence electrons. The molecular weight excluding hydrogens is 312 g/mol. The van der Waals surface area contributed by atoms with E-state index in [1.165, 1.54) is 32.1 Å². The molecule has 2 aromatic heterocycles. The number of H-pyrrole nitrogens is 1. The summed E-state index contributed by atoms with van der Waals surface area (Å²) in [7, 11) is 0. The molecule has 5 heteroatoms. The van der Waals surface area contributed by atoms with Crippen LogP contribution in [0, 0.1) is 5.92 Å². The monoisotopic (exact) mass is 338 g/mol. The van der Waals surface area contributed by atoms with Crippen LogP contribution >= 0.6 is 0 Å². The van der Waals surface area contributed by atoms with Gasteiger partial charge in [-0.1, -0.05) is 19.3 Å². The van der Waals surface area contributed by atoms with E-state index in [2.05, 4.69) is 20.1 Å². The predicted molar refractivity (Wildman–Crippen MR) is 96.7 cm³/mol.